The maximum atomic E-state index is 13.8. The van der Waals surface area contributed by atoms with Crippen LogP contribution in [0.3, 0.4) is 0 Å². The van der Waals surface area contributed by atoms with E-state index < -0.39 is 23.2 Å². The van der Waals surface area contributed by atoms with E-state index in [4.69, 9.17) is 14.2 Å². The molecule has 1 N–H and O–H groups in total. The van der Waals surface area contributed by atoms with Crippen LogP contribution in [0.4, 0.5) is 23.4 Å². The Hall–Kier alpha value is -3.14. The Labute approximate surface area is 187 Å². The molecule has 1 aliphatic carbocycles. The van der Waals surface area contributed by atoms with Crippen molar-refractivity contribution in [2.75, 3.05) is 26.1 Å². The minimum atomic E-state index is -4.64. The monoisotopic (exact) mass is 465 g/mol. The van der Waals surface area contributed by atoms with Crippen molar-refractivity contribution in [1.29, 1.82) is 0 Å². The summed E-state index contributed by atoms with van der Waals surface area (Å²) < 4.78 is 69.8. The van der Waals surface area contributed by atoms with Gasteiger partial charge in [-0.25, -0.2) is 14.4 Å². The van der Waals surface area contributed by atoms with Crippen molar-refractivity contribution in [3.05, 3.63) is 53.1 Å². The molecule has 6 nitrogen and oxygen atoms in total. The van der Waals surface area contributed by atoms with Crippen molar-refractivity contribution in [3.8, 4) is 11.5 Å². The maximum absolute atomic E-state index is 13.8. The number of hydrogen-bond donors (Lipinski definition) is 1. The number of methoxy groups -OCH3 is 2. The van der Waals surface area contributed by atoms with E-state index in [0.29, 0.717) is 46.7 Å². The van der Waals surface area contributed by atoms with Gasteiger partial charge < -0.3 is 19.5 Å². The number of hydrogen-bond acceptors (Lipinski definition) is 6. The summed E-state index contributed by atoms with van der Waals surface area (Å²) in [6, 6.07) is 5.89. The van der Waals surface area contributed by atoms with Crippen LogP contribution in [0.5, 0.6) is 11.5 Å². The largest absolute Gasteiger partial charge is 0.493 e. The van der Waals surface area contributed by atoms with Gasteiger partial charge in [-0.1, -0.05) is 0 Å². The molecule has 0 amide bonds. The molecule has 1 heterocycles. The molecule has 1 aliphatic rings. The predicted octanol–water partition coefficient (Wildman–Crippen LogP) is 5.27. The average Bonchev–Trinajstić information content (AvgIpc) is 3.50. The molecule has 3 aromatic rings. The molecule has 4 rings (SSSR count). The van der Waals surface area contributed by atoms with Crippen molar-refractivity contribution < 1.29 is 31.8 Å². The molecular weight excluding hydrogens is 442 g/mol. The molecule has 0 unspecified atom stereocenters. The van der Waals surface area contributed by atoms with Crippen LogP contribution in [0.15, 0.2) is 30.3 Å². The standard InChI is InChI=1S/C23H23F4N3O3/c1-13-29-18-10-19(32-3)20(33-22(4-5-22)12-31-2)9-17(18)21(30-13)28-11-14-6-15(23(25,26)27)8-16(24)7-14/h6-10H,4-5,11-12H2,1-3H3,(H,28,29,30). The van der Waals surface area contributed by atoms with Gasteiger partial charge in [0, 0.05) is 25.1 Å². The van der Waals surface area contributed by atoms with E-state index in [1.165, 1.54) is 7.11 Å². The normalized spacial score (nSPS) is 14.9. The molecule has 0 spiro atoms. The van der Waals surface area contributed by atoms with Crippen LogP contribution >= 0.6 is 0 Å². The highest BCUT2D eigenvalue weighted by Crippen LogP contribution is 2.44. The van der Waals surface area contributed by atoms with Gasteiger partial charge in [-0.05, 0) is 49.6 Å². The zero-order chi connectivity index (χ0) is 23.8. The second kappa shape index (κ2) is 8.66. The fraction of sp³-hybridized carbons (Fsp3) is 0.391. The van der Waals surface area contributed by atoms with Gasteiger partial charge in [0.15, 0.2) is 11.5 Å². The number of aryl methyl sites for hydroxylation is 1. The molecule has 0 radical (unpaired) electrons. The summed E-state index contributed by atoms with van der Waals surface area (Å²) in [5, 5.41) is 3.61. The number of alkyl halides is 3. The molecule has 0 atom stereocenters. The van der Waals surface area contributed by atoms with Crippen LogP contribution in [-0.2, 0) is 17.5 Å². The predicted molar refractivity (Wildman–Crippen MR) is 114 cm³/mol. The second-order valence-corrected chi connectivity index (χ2v) is 8.06. The quantitative estimate of drug-likeness (QED) is 0.457. The first kappa shape index (κ1) is 23.0. The molecule has 0 saturated heterocycles. The zero-order valence-corrected chi connectivity index (χ0v) is 18.3. The number of nitrogens with zero attached hydrogens (tertiary/aromatic N) is 2. The van der Waals surface area contributed by atoms with Gasteiger partial charge in [-0.3, -0.25) is 0 Å². The van der Waals surface area contributed by atoms with E-state index in [1.807, 2.05) is 0 Å². The van der Waals surface area contributed by atoms with Gasteiger partial charge in [-0.2, -0.15) is 13.2 Å². The minimum Gasteiger partial charge on any atom is -0.493 e. The molecule has 1 fully saturated rings. The van der Waals surface area contributed by atoms with Crippen LogP contribution in [0, 0.1) is 12.7 Å². The van der Waals surface area contributed by atoms with Crippen molar-refractivity contribution in [2.24, 2.45) is 0 Å². The Balaban J connectivity index is 1.68. The summed E-state index contributed by atoms with van der Waals surface area (Å²) in [7, 11) is 3.13. The molecular formula is C23H23F4N3O3. The molecule has 10 heteroatoms. The number of halogens is 4. The number of ether oxygens (including phenoxy) is 3. The Kier molecular flexibility index (Phi) is 6.04. The van der Waals surface area contributed by atoms with Crippen LogP contribution in [0.1, 0.15) is 29.8 Å². The summed E-state index contributed by atoms with van der Waals surface area (Å²) in [6.45, 7) is 2.07. The van der Waals surface area contributed by atoms with Gasteiger partial charge in [0.1, 0.15) is 23.1 Å². The van der Waals surface area contributed by atoms with Gasteiger partial charge in [0.2, 0.25) is 0 Å². The second-order valence-electron chi connectivity index (χ2n) is 8.06. The average molecular weight is 465 g/mol. The van der Waals surface area contributed by atoms with E-state index in [1.54, 1.807) is 26.2 Å². The number of nitrogens with one attached hydrogen (secondary N) is 1. The third-order valence-corrected chi connectivity index (χ3v) is 5.38. The lowest BCUT2D eigenvalue weighted by Gasteiger charge is -2.20. The number of fused-ring (bicyclic) bond motifs is 1. The SMILES string of the molecule is COCC1(Oc2cc3c(NCc4cc(F)cc(C(F)(F)F)c4)nc(C)nc3cc2OC)CC1. The van der Waals surface area contributed by atoms with Crippen LogP contribution in [0.2, 0.25) is 0 Å². The topological polar surface area (TPSA) is 65.5 Å². The number of benzene rings is 2. The highest BCUT2D eigenvalue weighted by molar-refractivity contribution is 5.91. The highest BCUT2D eigenvalue weighted by atomic mass is 19.4. The third kappa shape index (κ3) is 5.11. The Morgan fingerprint density at radius 1 is 1.03 bits per heavy atom. The van der Waals surface area contributed by atoms with Gasteiger partial charge >= 0.3 is 6.18 Å². The van der Waals surface area contributed by atoms with E-state index in [9.17, 15) is 17.6 Å². The summed E-state index contributed by atoms with van der Waals surface area (Å²) in [5.74, 6) is 0.862. The summed E-state index contributed by atoms with van der Waals surface area (Å²) in [5.41, 5.74) is -0.754. The number of aromatic nitrogens is 2. The smallest absolute Gasteiger partial charge is 0.416 e. The lowest BCUT2D eigenvalue weighted by molar-refractivity contribution is -0.137. The van der Waals surface area contributed by atoms with Gasteiger partial charge in [0.05, 0.1) is 24.8 Å². The third-order valence-electron chi connectivity index (χ3n) is 5.38. The minimum absolute atomic E-state index is 0.0672. The van der Waals surface area contributed by atoms with Crippen LogP contribution in [-0.4, -0.2) is 36.4 Å². The number of rotatable bonds is 8. The zero-order valence-electron chi connectivity index (χ0n) is 18.3. The van der Waals surface area contributed by atoms with Crippen LogP contribution < -0.4 is 14.8 Å². The van der Waals surface area contributed by atoms with E-state index in [2.05, 4.69) is 15.3 Å². The first-order valence-corrected chi connectivity index (χ1v) is 10.3. The van der Waals surface area contributed by atoms with Crippen LogP contribution in [0.25, 0.3) is 10.9 Å². The molecule has 0 bridgehead atoms. The lowest BCUT2D eigenvalue weighted by atomic mass is 10.1. The molecule has 33 heavy (non-hydrogen) atoms. The van der Waals surface area contributed by atoms with Crippen molar-refractivity contribution >= 4 is 16.7 Å². The highest BCUT2D eigenvalue weighted by Gasteiger charge is 2.46. The molecule has 1 saturated carbocycles. The molecule has 0 aliphatic heterocycles. The lowest BCUT2D eigenvalue weighted by Crippen LogP contribution is -2.24. The van der Waals surface area contributed by atoms with E-state index in [0.717, 1.165) is 25.0 Å². The Bertz CT molecular complexity index is 1180. The Morgan fingerprint density at radius 2 is 1.79 bits per heavy atom. The summed E-state index contributed by atoms with van der Waals surface area (Å²) in [4.78, 5) is 8.83. The van der Waals surface area contributed by atoms with Crippen molar-refractivity contribution in [1.82, 2.24) is 9.97 Å². The summed E-state index contributed by atoms with van der Waals surface area (Å²) >= 11 is 0. The first-order valence-electron chi connectivity index (χ1n) is 10.3. The fourth-order valence-corrected chi connectivity index (χ4v) is 3.64. The Morgan fingerprint density at radius 3 is 2.42 bits per heavy atom. The van der Waals surface area contributed by atoms with E-state index in [-0.39, 0.29) is 12.1 Å². The molecule has 2 aromatic carbocycles. The van der Waals surface area contributed by atoms with Gasteiger partial charge in [0.25, 0.3) is 0 Å². The summed E-state index contributed by atoms with van der Waals surface area (Å²) in [6.07, 6.45) is -2.95. The first-order chi connectivity index (χ1) is 15.6. The number of anilines is 1. The fourth-order valence-electron chi connectivity index (χ4n) is 3.64. The molecule has 1 aromatic heterocycles. The molecule has 176 valence electrons. The van der Waals surface area contributed by atoms with E-state index >= 15 is 0 Å². The van der Waals surface area contributed by atoms with Crippen molar-refractivity contribution in [2.45, 2.75) is 38.1 Å². The van der Waals surface area contributed by atoms with Gasteiger partial charge in [-0.15, -0.1) is 0 Å². The van der Waals surface area contributed by atoms with Crippen molar-refractivity contribution in [3.63, 3.8) is 0 Å². The maximum Gasteiger partial charge on any atom is 0.416 e.